The first kappa shape index (κ1) is 27.7. The van der Waals surface area contributed by atoms with Crippen molar-refractivity contribution in [1.82, 2.24) is 4.57 Å². The molecule has 0 aliphatic rings. The van der Waals surface area contributed by atoms with Gasteiger partial charge in [-0.1, -0.05) is 98.6 Å². The van der Waals surface area contributed by atoms with Gasteiger partial charge in [-0.05, 0) is 54.0 Å². The van der Waals surface area contributed by atoms with Crippen LogP contribution in [0.25, 0.3) is 17.1 Å². The third-order valence-electron chi connectivity index (χ3n) is 5.58. The Morgan fingerprint density at radius 2 is 1.56 bits per heavy atom. The maximum Gasteiger partial charge on any atom is 0.294 e. The lowest BCUT2D eigenvalue weighted by Crippen LogP contribution is -2.30. The number of nitrogens with zero attached hydrogens (tertiary/aromatic N) is 2. The molecule has 2 nitrogen and oxygen atoms in total. The SMILES string of the molecule is CC.CC.CCCCCc1ccc(-c2n(-c3ccccc3C)cc[n+]2C)c(C(C)(C)C)c1. The van der Waals surface area contributed by atoms with Crippen molar-refractivity contribution in [3.05, 3.63) is 71.5 Å². The van der Waals surface area contributed by atoms with Gasteiger partial charge >= 0.3 is 0 Å². The third-order valence-corrected chi connectivity index (χ3v) is 5.58. The van der Waals surface area contributed by atoms with E-state index in [2.05, 4.69) is 106 Å². The van der Waals surface area contributed by atoms with Crippen LogP contribution in [0.15, 0.2) is 54.9 Å². The van der Waals surface area contributed by atoms with Gasteiger partial charge in [-0.2, -0.15) is 4.57 Å². The van der Waals surface area contributed by atoms with E-state index >= 15 is 0 Å². The molecule has 2 heteroatoms. The monoisotopic (exact) mass is 435 g/mol. The lowest BCUT2D eigenvalue weighted by atomic mass is 9.82. The van der Waals surface area contributed by atoms with Gasteiger partial charge < -0.3 is 0 Å². The summed E-state index contributed by atoms with van der Waals surface area (Å²) in [6.07, 6.45) is 9.35. The molecule has 0 unspecified atom stereocenters. The molecule has 0 amide bonds. The molecule has 176 valence electrons. The van der Waals surface area contributed by atoms with E-state index in [0.29, 0.717) is 0 Å². The number of hydrogen-bond donors (Lipinski definition) is 0. The lowest BCUT2D eigenvalue weighted by Gasteiger charge is -2.23. The second-order valence-corrected chi connectivity index (χ2v) is 8.98. The molecule has 1 aromatic heterocycles. The highest BCUT2D eigenvalue weighted by atomic mass is 15.1. The maximum atomic E-state index is 2.44. The summed E-state index contributed by atoms with van der Waals surface area (Å²) in [5.74, 6) is 1.24. The van der Waals surface area contributed by atoms with Crippen LogP contribution in [0, 0.1) is 6.92 Å². The molecule has 2 aromatic carbocycles. The molecule has 0 aliphatic heterocycles. The molecule has 0 N–H and O–H groups in total. The first-order chi connectivity index (χ1) is 15.3. The van der Waals surface area contributed by atoms with Crippen LogP contribution >= 0.6 is 0 Å². The first-order valence-electron chi connectivity index (χ1n) is 12.6. The number of rotatable bonds is 6. The lowest BCUT2D eigenvalue weighted by molar-refractivity contribution is -0.659. The fourth-order valence-corrected chi connectivity index (χ4v) is 3.97. The van der Waals surface area contributed by atoms with Crippen LogP contribution in [0.1, 0.15) is 91.3 Å². The Morgan fingerprint density at radius 3 is 2.16 bits per heavy atom. The number of imidazole rings is 1. The van der Waals surface area contributed by atoms with Gasteiger partial charge in [-0.15, -0.1) is 0 Å². The summed E-state index contributed by atoms with van der Waals surface area (Å²) in [7, 11) is 2.14. The number of aromatic nitrogens is 2. The van der Waals surface area contributed by atoms with Crippen molar-refractivity contribution >= 4 is 0 Å². The molecular weight excluding hydrogens is 388 g/mol. The summed E-state index contributed by atoms with van der Waals surface area (Å²) < 4.78 is 4.57. The smallest absolute Gasteiger partial charge is 0.232 e. The van der Waals surface area contributed by atoms with Crippen LogP contribution in [0.5, 0.6) is 0 Å². The Bertz CT molecular complexity index is 942. The molecule has 3 rings (SSSR count). The van der Waals surface area contributed by atoms with Crippen molar-refractivity contribution in [2.24, 2.45) is 7.05 Å². The van der Waals surface area contributed by atoms with E-state index in [9.17, 15) is 0 Å². The fourth-order valence-electron chi connectivity index (χ4n) is 3.97. The molecule has 0 fully saturated rings. The van der Waals surface area contributed by atoms with E-state index in [1.165, 1.54) is 59.4 Å². The van der Waals surface area contributed by atoms with Crippen LogP contribution in [-0.4, -0.2) is 4.57 Å². The Kier molecular flexibility index (Phi) is 11.5. The quantitative estimate of drug-likeness (QED) is 0.272. The van der Waals surface area contributed by atoms with Crippen molar-refractivity contribution < 1.29 is 4.57 Å². The van der Waals surface area contributed by atoms with Gasteiger partial charge in [0.1, 0.15) is 18.1 Å². The molecule has 0 spiro atoms. The van der Waals surface area contributed by atoms with E-state index in [0.717, 1.165) is 0 Å². The van der Waals surface area contributed by atoms with Crippen molar-refractivity contribution in [3.8, 4) is 17.1 Å². The molecule has 0 atom stereocenters. The molecule has 0 saturated heterocycles. The summed E-state index contributed by atoms with van der Waals surface area (Å²) in [5.41, 5.74) is 6.81. The van der Waals surface area contributed by atoms with E-state index in [4.69, 9.17) is 0 Å². The molecule has 3 aromatic rings. The predicted octanol–water partition coefficient (Wildman–Crippen LogP) is 8.36. The highest BCUT2D eigenvalue weighted by molar-refractivity contribution is 5.64. The summed E-state index contributed by atoms with van der Waals surface area (Å²) in [6, 6.07) is 15.7. The standard InChI is InChI=1S/C26H35N2.2C2H6/c1-7-8-9-13-21-15-16-22(23(19-21)26(3,4)5)25-27(6)17-18-28(25)24-14-11-10-12-20(24)2;2*1-2/h10-12,14-19H,7-9,13H2,1-6H3;2*1-2H3/q+1;;. The molecule has 0 aliphatic carbocycles. The Balaban J connectivity index is 0.00000121. The third kappa shape index (κ3) is 6.82. The number of unbranched alkanes of at least 4 members (excludes halogenated alkanes) is 2. The molecule has 0 saturated carbocycles. The van der Waals surface area contributed by atoms with Crippen LogP contribution < -0.4 is 4.57 Å². The van der Waals surface area contributed by atoms with Gasteiger partial charge in [0.25, 0.3) is 5.82 Å². The van der Waals surface area contributed by atoms with Gasteiger partial charge in [0.15, 0.2) is 0 Å². The van der Waals surface area contributed by atoms with E-state index in [1.807, 2.05) is 27.7 Å². The number of aryl methyl sites for hydroxylation is 3. The summed E-state index contributed by atoms with van der Waals surface area (Å²) >= 11 is 0. The molecular formula is C30H47N2+. The summed E-state index contributed by atoms with van der Waals surface area (Å²) in [5, 5.41) is 0. The molecule has 0 bridgehead atoms. The Hall–Kier alpha value is -2.35. The van der Waals surface area contributed by atoms with Gasteiger partial charge in [0, 0.05) is 0 Å². The van der Waals surface area contributed by atoms with E-state index in [1.54, 1.807) is 0 Å². The minimum absolute atomic E-state index is 0.0872. The Labute approximate surface area is 198 Å². The number of benzene rings is 2. The Morgan fingerprint density at radius 1 is 0.906 bits per heavy atom. The zero-order valence-electron chi connectivity index (χ0n) is 22.4. The minimum atomic E-state index is 0.0872. The first-order valence-corrected chi connectivity index (χ1v) is 12.6. The summed E-state index contributed by atoms with van der Waals surface area (Å²) in [4.78, 5) is 0. The highest BCUT2D eigenvalue weighted by Gasteiger charge is 2.27. The molecule has 0 radical (unpaired) electrons. The number of para-hydroxylation sites is 1. The average molecular weight is 436 g/mol. The van der Waals surface area contributed by atoms with Crippen molar-refractivity contribution in [2.45, 2.75) is 93.4 Å². The van der Waals surface area contributed by atoms with Crippen LogP contribution in [0.2, 0.25) is 0 Å². The van der Waals surface area contributed by atoms with Crippen molar-refractivity contribution in [3.63, 3.8) is 0 Å². The zero-order chi connectivity index (χ0) is 24.3. The van der Waals surface area contributed by atoms with Crippen molar-refractivity contribution in [1.29, 1.82) is 0 Å². The largest absolute Gasteiger partial charge is 0.294 e. The normalized spacial score (nSPS) is 10.7. The second kappa shape index (κ2) is 13.3. The zero-order valence-corrected chi connectivity index (χ0v) is 22.4. The van der Waals surface area contributed by atoms with E-state index < -0.39 is 0 Å². The van der Waals surface area contributed by atoms with Gasteiger partial charge in [-0.3, -0.25) is 0 Å². The highest BCUT2D eigenvalue weighted by Crippen LogP contribution is 2.34. The van der Waals surface area contributed by atoms with Gasteiger partial charge in [0.05, 0.1) is 12.6 Å². The second-order valence-electron chi connectivity index (χ2n) is 8.98. The summed E-state index contributed by atoms with van der Waals surface area (Å²) in [6.45, 7) is 19.4. The topological polar surface area (TPSA) is 8.81 Å². The predicted molar refractivity (Wildman–Crippen MR) is 142 cm³/mol. The fraction of sp³-hybridized carbons (Fsp3) is 0.500. The van der Waals surface area contributed by atoms with Crippen LogP contribution in [-0.2, 0) is 18.9 Å². The van der Waals surface area contributed by atoms with Crippen LogP contribution in [0.4, 0.5) is 0 Å². The maximum absolute atomic E-state index is 2.44. The molecule has 1 heterocycles. The minimum Gasteiger partial charge on any atom is -0.232 e. The molecule has 32 heavy (non-hydrogen) atoms. The van der Waals surface area contributed by atoms with Crippen molar-refractivity contribution in [2.75, 3.05) is 0 Å². The van der Waals surface area contributed by atoms with Gasteiger partial charge in [-0.25, -0.2) is 4.57 Å². The van der Waals surface area contributed by atoms with Gasteiger partial charge in [0.2, 0.25) is 0 Å². The van der Waals surface area contributed by atoms with E-state index in [-0.39, 0.29) is 5.41 Å². The average Bonchev–Trinajstić information content (AvgIpc) is 3.17. The van der Waals surface area contributed by atoms with Crippen LogP contribution in [0.3, 0.4) is 0 Å². The number of hydrogen-bond acceptors (Lipinski definition) is 0.